The van der Waals surface area contributed by atoms with Crippen LogP contribution >= 0.6 is 0 Å². The summed E-state index contributed by atoms with van der Waals surface area (Å²) in [5.41, 5.74) is 0. The van der Waals surface area contributed by atoms with Gasteiger partial charge in [0, 0.05) is 10.4 Å². The van der Waals surface area contributed by atoms with Crippen LogP contribution in [0.3, 0.4) is 0 Å². The molecule has 19 heavy (non-hydrogen) atoms. The average Bonchev–Trinajstić information content (AvgIpc) is 2.26. The second-order valence-electron chi connectivity index (χ2n) is 5.51. The van der Waals surface area contributed by atoms with Gasteiger partial charge in [0.15, 0.2) is 0 Å². The predicted octanol–water partition coefficient (Wildman–Crippen LogP) is 2.61. The third-order valence-corrected chi connectivity index (χ3v) is 3.22. The van der Waals surface area contributed by atoms with Crippen LogP contribution in [-0.2, 0) is 10.4 Å². The smallest absolute Gasteiger partial charge is 0.759 e. The molecule has 0 bridgehead atoms. The summed E-state index contributed by atoms with van der Waals surface area (Å²) in [5, 5.41) is 0. The fraction of sp³-hybridized carbons (Fsp3) is 1.00. The Bertz CT molecular complexity index is 287. The number of quaternary nitrogens is 1. The maximum atomic E-state index is 8.52. The first-order valence-corrected chi connectivity index (χ1v) is 8.44. The number of unbranched alkanes of at least 4 members (excludes halogenated alkanes) is 6. The minimum absolute atomic E-state index is 0. The van der Waals surface area contributed by atoms with Gasteiger partial charge in [0.25, 0.3) is 0 Å². The van der Waals surface area contributed by atoms with Crippen LogP contribution in [0.5, 0.6) is 0 Å². The number of hydrogen-bond acceptors (Lipinski definition) is 4. The standard InChI is InChI=1S/C13H30N.H2O4S/c1-5-7-8-9-10-11-12-13-14(3,4)6-2;1-5(2,3)4/h5-13H2,1-4H3;(H2,1,2,3,4)/q+1;/p-1. The summed E-state index contributed by atoms with van der Waals surface area (Å²) in [4.78, 5) is 0. The molecule has 0 aromatic heterocycles. The third-order valence-electron chi connectivity index (χ3n) is 3.22. The quantitative estimate of drug-likeness (QED) is 0.283. The highest BCUT2D eigenvalue weighted by molar-refractivity contribution is 7.79. The van der Waals surface area contributed by atoms with Gasteiger partial charge in [-0.2, -0.15) is 0 Å². The highest BCUT2D eigenvalue weighted by atomic mass is 32.3. The van der Waals surface area contributed by atoms with Crippen LogP contribution in [0.1, 0.15) is 60.2 Å². The lowest BCUT2D eigenvalue weighted by Crippen LogP contribution is -2.39. The van der Waals surface area contributed by atoms with E-state index in [1.165, 1.54) is 62.5 Å². The lowest BCUT2D eigenvalue weighted by Gasteiger charge is -2.28. The van der Waals surface area contributed by atoms with Crippen molar-refractivity contribution < 1.29 is 23.4 Å². The molecule has 6 heteroatoms. The van der Waals surface area contributed by atoms with Crippen LogP contribution in [0.2, 0.25) is 0 Å². The van der Waals surface area contributed by atoms with Gasteiger partial charge in [-0.1, -0.05) is 39.0 Å². The molecule has 0 heterocycles. The normalized spacial score (nSPS) is 11.9. The monoisotopic (exact) mass is 297 g/mol. The lowest BCUT2D eigenvalue weighted by atomic mass is 10.1. The molecule has 0 fully saturated rings. The van der Waals surface area contributed by atoms with E-state index < -0.39 is 10.4 Å². The molecular formula is C13H31NO4S. The Labute approximate surface area is 120 Å². The second kappa shape index (κ2) is 11.6. The molecule has 0 aromatic rings. The summed E-state index contributed by atoms with van der Waals surface area (Å²) >= 11 is 0. The van der Waals surface area contributed by atoms with Crippen molar-refractivity contribution in [2.24, 2.45) is 0 Å². The van der Waals surface area contributed by atoms with Crippen molar-refractivity contribution in [3.8, 4) is 0 Å². The van der Waals surface area contributed by atoms with Crippen LogP contribution in [0.15, 0.2) is 0 Å². The van der Waals surface area contributed by atoms with Gasteiger partial charge in [-0.25, -0.2) is 0 Å². The highest BCUT2D eigenvalue weighted by Gasteiger charge is 2.09. The van der Waals surface area contributed by atoms with E-state index >= 15 is 0 Å². The molecule has 0 unspecified atom stereocenters. The van der Waals surface area contributed by atoms with Gasteiger partial charge in [-0.15, -0.1) is 0 Å². The predicted molar refractivity (Wildman–Crippen MR) is 77.1 cm³/mol. The summed E-state index contributed by atoms with van der Waals surface area (Å²) in [5.74, 6) is 0. The Balaban J connectivity index is -0.000000414. The van der Waals surface area contributed by atoms with Crippen LogP contribution < -0.4 is 0 Å². The minimum atomic E-state index is -5.17. The molecule has 0 amide bonds. The van der Waals surface area contributed by atoms with Crippen molar-refractivity contribution in [3.05, 3.63) is 0 Å². The van der Waals surface area contributed by atoms with Gasteiger partial charge < -0.3 is 13.6 Å². The van der Waals surface area contributed by atoms with Crippen molar-refractivity contribution in [2.45, 2.75) is 58.8 Å². The number of nitrogens with zero attached hydrogens (tertiary/aromatic N) is 1. The first-order valence-electron chi connectivity index (χ1n) is 7.11. The van der Waals surface area contributed by atoms with Crippen LogP contribution in [0.4, 0.5) is 0 Å². The molecule has 5 nitrogen and oxygen atoms in total. The van der Waals surface area contributed by atoms with E-state index in [1.807, 2.05) is 0 Å². The van der Waals surface area contributed by atoms with Gasteiger partial charge in [-0.3, -0.25) is 8.42 Å². The van der Waals surface area contributed by atoms with E-state index in [-0.39, 0.29) is 1.43 Å². The molecule has 0 spiro atoms. The van der Waals surface area contributed by atoms with Crippen molar-refractivity contribution >= 4 is 10.4 Å². The molecule has 0 aliphatic rings. The number of rotatable bonds is 9. The molecule has 0 saturated heterocycles. The van der Waals surface area contributed by atoms with Crippen LogP contribution in [-0.4, -0.2) is 49.2 Å². The van der Waals surface area contributed by atoms with Crippen molar-refractivity contribution in [3.63, 3.8) is 0 Å². The number of hydrogen-bond donors (Lipinski definition) is 0. The van der Waals surface area contributed by atoms with Crippen molar-refractivity contribution in [1.29, 1.82) is 0 Å². The zero-order valence-corrected chi connectivity index (χ0v) is 13.7. The SMILES string of the molecule is CCCCCCCCC[N+](C)(C)CC.O=S(=O)([O-])[O-].[H+]. The van der Waals surface area contributed by atoms with Gasteiger partial charge in [0.2, 0.25) is 0 Å². The molecule has 0 rings (SSSR count). The highest BCUT2D eigenvalue weighted by Crippen LogP contribution is 2.08. The summed E-state index contributed by atoms with van der Waals surface area (Å²) in [6.45, 7) is 7.17. The fourth-order valence-corrected chi connectivity index (χ4v) is 1.66. The Kier molecular flexibility index (Phi) is 12.9. The Hall–Kier alpha value is -0.170. The molecular weight excluding hydrogens is 266 g/mol. The maximum Gasteiger partial charge on any atom is 1.00 e. The maximum absolute atomic E-state index is 8.52. The van der Waals surface area contributed by atoms with Gasteiger partial charge in [0.05, 0.1) is 27.2 Å². The van der Waals surface area contributed by atoms with Gasteiger partial charge in [-0.05, 0) is 19.8 Å². The van der Waals surface area contributed by atoms with Gasteiger partial charge in [0.1, 0.15) is 0 Å². The van der Waals surface area contributed by atoms with E-state index in [9.17, 15) is 0 Å². The molecule has 118 valence electrons. The Morgan fingerprint density at radius 3 is 1.63 bits per heavy atom. The Morgan fingerprint density at radius 2 is 1.26 bits per heavy atom. The first-order chi connectivity index (χ1) is 8.62. The van der Waals surface area contributed by atoms with E-state index in [0.717, 1.165) is 0 Å². The van der Waals surface area contributed by atoms with Crippen LogP contribution in [0.25, 0.3) is 0 Å². The molecule has 0 aliphatic heterocycles. The van der Waals surface area contributed by atoms with E-state index in [2.05, 4.69) is 27.9 Å². The van der Waals surface area contributed by atoms with E-state index in [0.29, 0.717) is 0 Å². The Morgan fingerprint density at radius 1 is 0.895 bits per heavy atom. The second-order valence-corrected chi connectivity index (χ2v) is 6.32. The lowest BCUT2D eigenvalue weighted by molar-refractivity contribution is -0.888. The first kappa shape index (κ1) is 21.1. The zero-order chi connectivity index (χ0) is 15.4. The molecule has 0 aromatic carbocycles. The largest absolute Gasteiger partial charge is 1.00 e. The topological polar surface area (TPSA) is 80.3 Å². The minimum Gasteiger partial charge on any atom is -0.759 e. The molecule has 0 saturated carbocycles. The van der Waals surface area contributed by atoms with Crippen molar-refractivity contribution in [1.82, 2.24) is 0 Å². The van der Waals surface area contributed by atoms with Gasteiger partial charge >= 0.3 is 1.43 Å². The zero-order valence-electron chi connectivity index (χ0n) is 13.9. The summed E-state index contributed by atoms with van der Waals surface area (Å²) in [7, 11) is -0.506. The summed E-state index contributed by atoms with van der Waals surface area (Å²) < 4.78 is 35.3. The van der Waals surface area contributed by atoms with E-state index in [4.69, 9.17) is 17.5 Å². The average molecular weight is 297 g/mol. The molecule has 0 radical (unpaired) electrons. The fourth-order valence-electron chi connectivity index (χ4n) is 1.66. The molecule has 0 N–H and O–H groups in total. The third kappa shape index (κ3) is 27.1. The molecule has 0 atom stereocenters. The van der Waals surface area contributed by atoms with Crippen LogP contribution in [0, 0.1) is 0 Å². The van der Waals surface area contributed by atoms with Crippen molar-refractivity contribution in [2.75, 3.05) is 27.2 Å². The summed E-state index contributed by atoms with van der Waals surface area (Å²) in [6.07, 6.45) is 9.98. The van der Waals surface area contributed by atoms with E-state index in [1.54, 1.807) is 0 Å². The molecule has 0 aliphatic carbocycles. The summed E-state index contributed by atoms with van der Waals surface area (Å²) in [6, 6.07) is 0.